The van der Waals surface area contributed by atoms with E-state index >= 15 is 0 Å². The van der Waals surface area contributed by atoms with Gasteiger partial charge in [-0.2, -0.15) is 0 Å². The molecule has 0 bridgehead atoms. The Labute approximate surface area is 72.5 Å². The zero-order chi connectivity index (χ0) is 8.97. The first-order valence-corrected chi connectivity index (χ1v) is 4.10. The molecule has 68 valence electrons. The fourth-order valence-corrected chi connectivity index (χ4v) is 1.24. The number of methoxy groups -OCH3 is 1. The molecular formula is C9H15NO2. The minimum atomic E-state index is -0.0660. The lowest BCUT2D eigenvalue weighted by Gasteiger charge is -2.09. The van der Waals surface area contributed by atoms with Crippen molar-refractivity contribution in [2.75, 3.05) is 13.7 Å². The van der Waals surface area contributed by atoms with E-state index in [-0.39, 0.29) is 6.04 Å². The standard InChI is InChI=1S/C9H15NO2/c1-3-9-7(4-5-12-9)8(10)6-11-2/h4-5,8H,3,6,10H2,1-2H3. The summed E-state index contributed by atoms with van der Waals surface area (Å²) in [7, 11) is 1.64. The summed E-state index contributed by atoms with van der Waals surface area (Å²) in [5.74, 6) is 0.958. The molecule has 1 rings (SSSR count). The predicted octanol–water partition coefficient (Wildman–Crippen LogP) is 1.49. The largest absolute Gasteiger partial charge is 0.469 e. The first-order valence-electron chi connectivity index (χ1n) is 4.10. The molecule has 0 radical (unpaired) electrons. The summed E-state index contributed by atoms with van der Waals surface area (Å²) in [5.41, 5.74) is 6.90. The van der Waals surface area contributed by atoms with Crippen LogP contribution in [0.1, 0.15) is 24.3 Å². The van der Waals surface area contributed by atoms with Crippen LogP contribution in [0.5, 0.6) is 0 Å². The van der Waals surface area contributed by atoms with Crippen LogP contribution in [0.25, 0.3) is 0 Å². The number of furan rings is 1. The Balaban J connectivity index is 2.71. The minimum Gasteiger partial charge on any atom is -0.469 e. The molecule has 0 aliphatic rings. The molecule has 0 aliphatic carbocycles. The Bertz CT molecular complexity index is 232. The van der Waals surface area contributed by atoms with Crippen molar-refractivity contribution in [1.29, 1.82) is 0 Å². The van der Waals surface area contributed by atoms with Crippen molar-refractivity contribution in [2.24, 2.45) is 5.73 Å². The van der Waals surface area contributed by atoms with Gasteiger partial charge < -0.3 is 14.9 Å². The second-order valence-corrected chi connectivity index (χ2v) is 2.71. The number of hydrogen-bond donors (Lipinski definition) is 1. The van der Waals surface area contributed by atoms with Gasteiger partial charge >= 0.3 is 0 Å². The van der Waals surface area contributed by atoms with E-state index < -0.39 is 0 Å². The van der Waals surface area contributed by atoms with E-state index in [1.807, 2.05) is 13.0 Å². The number of nitrogens with two attached hydrogens (primary N) is 1. The van der Waals surface area contributed by atoms with Crippen molar-refractivity contribution in [3.8, 4) is 0 Å². The van der Waals surface area contributed by atoms with Crippen LogP contribution < -0.4 is 5.73 Å². The Morgan fingerprint density at radius 2 is 2.42 bits per heavy atom. The second-order valence-electron chi connectivity index (χ2n) is 2.71. The lowest BCUT2D eigenvalue weighted by atomic mass is 10.1. The van der Waals surface area contributed by atoms with Gasteiger partial charge in [-0.1, -0.05) is 6.92 Å². The summed E-state index contributed by atoms with van der Waals surface area (Å²) in [6.45, 7) is 2.58. The molecule has 0 saturated heterocycles. The zero-order valence-corrected chi connectivity index (χ0v) is 7.54. The number of rotatable bonds is 4. The van der Waals surface area contributed by atoms with Gasteiger partial charge in [-0.05, 0) is 6.07 Å². The fourth-order valence-electron chi connectivity index (χ4n) is 1.24. The molecule has 1 heterocycles. The van der Waals surface area contributed by atoms with Crippen LogP contribution in [0.15, 0.2) is 16.7 Å². The average molecular weight is 169 g/mol. The molecule has 1 atom stereocenters. The predicted molar refractivity (Wildman–Crippen MR) is 46.9 cm³/mol. The maximum atomic E-state index is 5.84. The molecule has 2 N–H and O–H groups in total. The molecule has 0 spiro atoms. The van der Waals surface area contributed by atoms with Gasteiger partial charge in [-0.15, -0.1) is 0 Å². The van der Waals surface area contributed by atoms with Gasteiger partial charge in [-0.25, -0.2) is 0 Å². The third-order valence-corrected chi connectivity index (χ3v) is 1.85. The van der Waals surface area contributed by atoms with Crippen molar-refractivity contribution in [2.45, 2.75) is 19.4 Å². The van der Waals surface area contributed by atoms with E-state index in [1.165, 1.54) is 0 Å². The smallest absolute Gasteiger partial charge is 0.108 e. The van der Waals surface area contributed by atoms with Crippen LogP contribution in [0.2, 0.25) is 0 Å². The van der Waals surface area contributed by atoms with Crippen molar-refractivity contribution >= 4 is 0 Å². The highest BCUT2D eigenvalue weighted by molar-refractivity contribution is 5.20. The number of aryl methyl sites for hydroxylation is 1. The van der Waals surface area contributed by atoms with Crippen LogP contribution in [0.4, 0.5) is 0 Å². The topological polar surface area (TPSA) is 48.4 Å². The molecule has 0 saturated carbocycles. The molecule has 1 unspecified atom stereocenters. The number of ether oxygens (including phenoxy) is 1. The summed E-state index contributed by atoms with van der Waals surface area (Å²) < 4.78 is 10.2. The Kier molecular flexibility index (Phi) is 3.31. The van der Waals surface area contributed by atoms with Gasteiger partial charge in [0.25, 0.3) is 0 Å². The molecule has 12 heavy (non-hydrogen) atoms. The Hall–Kier alpha value is -0.800. The molecule has 0 fully saturated rings. The monoisotopic (exact) mass is 169 g/mol. The highest BCUT2D eigenvalue weighted by Gasteiger charge is 2.11. The molecule has 0 amide bonds. The van der Waals surface area contributed by atoms with Gasteiger partial charge in [0.2, 0.25) is 0 Å². The van der Waals surface area contributed by atoms with Gasteiger partial charge in [0, 0.05) is 19.1 Å². The summed E-state index contributed by atoms with van der Waals surface area (Å²) in [5, 5.41) is 0. The van der Waals surface area contributed by atoms with Gasteiger partial charge in [0.05, 0.1) is 18.9 Å². The Morgan fingerprint density at radius 3 is 3.00 bits per heavy atom. The van der Waals surface area contributed by atoms with E-state index in [0.717, 1.165) is 17.7 Å². The van der Waals surface area contributed by atoms with Crippen molar-refractivity contribution in [1.82, 2.24) is 0 Å². The number of hydrogen-bond acceptors (Lipinski definition) is 3. The van der Waals surface area contributed by atoms with Crippen molar-refractivity contribution < 1.29 is 9.15 Å². The third kappa shape index (κ3) is 1.87. The molecule has 3 nitrogen and oxygen atoms in total. The van der Waals surface area contributed by atoms with Gasteiger partial charge in [-0.3, -0.25) is 0 Å². The molecule has 3 heteroatoms. The molecular weight excluding hydrogens is 154 g/mol. The highest BCUT2D eigenvalue weighted by Crippen LogP contribution is 2.17. The van der Waals surface area contributed by atoms with E-state index in [2.05, 4.69) is 0 Å². The molecule has 0 aromatic carbocycles. The van der Waals surface area contributed by atoms with Crippen molar-refractivity contribution in [3.63, 3.8) is 0 Å². The molecule has 0 aliphatic heterocycles. The minimum absolute atomic E-state index is 0.0660. The van der Waals surface area contributed by atoms with E-state index in [0.29, 0.717) is 6.61 Å². The second kappa shape index (κ2) is 4.28. The van der Waals surface area contributed by atoms with Crippen LogP contribution in [0, 0.1) is 0 Å². The van der Waals surface area contributed by atoms with E-state index in [9.17, 15) is 0 Å². The summed E-state index contributed by atoms with van der Waals surface area (Å²) in [6, 6.07) is 1.84. The summed E-state index contributed by atoms with van der Waals surface area (Å²) >= 11 is 0. The maximum Gasteiger partial charge on any atom is 0.108 e. The maximum absolute atomic E-state index is 5.84. The van der Waals surface area contributed by atoms with Crippen LogP contribution in [-0.2, 0) is 11.2 Å². The van der Waals surface area contributed by atoms with Gasteiger partial charge in [0.1, 0.15) is 5.76 Å². The SMILES string of the molecule is CCc1occc1C(N)COC. The molecule has 1 aromatic heterocycles. The fraction of sp³-hybridized carbons (Fsp3) is 0.556. The van der Waals surface area contributed by atoms with Crippen molar-refractivity contribution in [3.05, 3.63) is 23.7 Å². The first kappa shape index (κ1) is 9.29. The lowest BCUT2D eigenvalue weighted by Crippen LogP contribution is -2.16. The van der Waals surface area contributed by atoms with Crippen LogP contribution in [-0.4, -0.2) is 13.7 Å². The molecule has 1 aromatic rings. The summed E-state index contributed by atoms with van der Waals surface area (Å²) in [6.07, 6.45) is 2.55. The summed E-state index contributed by atoms with van der Waals surface area (Å²) in [4.78, 5) is 0. The van der Waals surface area contributed by atoms with Gasteiger partial charge in [0.15, 0.2) is 0 Å². The van der Waals surface area contributed by atoms with Crippen LogP contribution in [0.3, 0.4) is 0 Å². The zero-order valence-electron chi connectivity index (χ0n) is 7.54. The average Bonchev–Trinajstić information content (AvgIpc) is 2.51. The highest BCUT2D eigenvalue weighted by atomic mass is 16.5. The third-order valence-electron chi connectivity index (χ3n) is 1.85. The normalized spacial score (nSPS) is 13.2. The van der Waals surface area contributed by atoms with E-state index in [1.54, 1.807) is 13.4 Å². The first-order chi connectivity index (χ1) is 5.79. The van der Waals surface area contributed by atoms with Crippen LogP contribution >= 0.6 is 0 Å². The van der Waals surface area contributed by atoms with E-state index in [4.69, 9.17) is 14.9 Å². The quantitative estimate of drug-likeness (QED) is 0.742. The lowest BCUT2D eigenvalue weighted by molar-refractivity contribution is 0.180. The Morgan fingerprint density at radius 1 is 1.67 bits per heavy atom.